The largest absolute Gasteiger partial charge is 0.397 e. The molecular formula is C32H31N5. The Balaban J connectivity index is 1.43. The Bertz CT molecular complexity index is 1460. The molecule has 1 unspecified atom stereocenters. The number of hydrogen-bond donors (Lipinski definition) is 3. The highest BCUT2D eigenvalue weighted by Gasteiger charge is 2.23. The predicted molar refractivity (Wildman–Crippen MR) is 156 cm³/mol. The first-order chi connectivity index (χ1) is 18.0. The predicted octanol–water partition coefficient (Wildman–Crippen LogP) is 6.11. The topological polar surface area (TPSA) is 91.5 Å². The average Bonchev–Trinajstić information content (AvgIpc) is 2.93. The third-order valence-corrected chi connectivity index (χ3v) is 6.80. The number of anilines is 2. The number of para-hydroxylation sites is 2. The second-order valence-electron chi connectivity index (χ2n) is 9.40. The zero-order valence-corrected chi connectivity index (χ0v) is 20.9. The van der Waals surface area contributed by atoms with Crippen molar-refractivity contribution in [3.63, 3.8) is 0 Å². The number of aliphatic imine (C=N–C) groups is 1. The fourth-order valence-electron chi connectivity index (χ4n) is 4.81. The normalized spacial score (nSPS) is 16.8. The number of nitrogens with zero attached hydrogens (tertiary/aromatic N) is 2. The molecule has 5 heteroatoms. The van der Waals surface area contributed by atoms with Crippen LogP contribution in [-0.4, -0.2) is 18.7 Å². The maximum Gasteiger partial charge on any atom is 0.154 e. The van der Waals surface area contributed by atoms with Crippen LogP contribution < -0.4 is 16.4 Å². The summed E-state index contributed by atoms with van der Waals surface area (Å²) in [5.74, 6) is 0.770. The molecule has 37 heavy (non-hydrogen) atoms. The molecule has 3 aromatic rings. The van der Waals surface area contributed by atoms with Crippen LogP contribution in [0.15, 0.2) is 125 Å². The van der Waals surface area contributed by atoms with Crippen LogP contribution in [0.4, 0.5) is 11.4 Å². The Labute approximate surface area is 218 Å². The number of hydrogen-bond acceptors (Lipinski definition) is 3. The minimum atomic E-state index is 0.154. The molecule has 0 aromatic heterocycles. The van der Waals surface area contributed by atoms with Gasteiger partial charge in [-0.25, -0.2) is 4.99 Å². The molecule has 184 valence electrons. The summed E-state index contributed by atoms with van der Waals surface area (Å²) in [6.45, 7) is 0.742. The highest BCUT2D eigenvalue weighted by atomic mass is 15.1. The number of nitrogen functional groups attached to an aromatic ring is 1. The average molecular weight is 486 g/mol. The lowest BCUT2D eigenvalue weighted by molar-refractivity contribution is 0.778. The molecule has 5 nitrogen and oxygen atoms in total. The molecule has 0 fully saturated rings. The van der Waals surface area contributed by atoms with E-state index in [4.69, 9.17) is 16.9 Å². The van der Waals surface area contributed by atoms with Crippen molar-refractivity contribution in [3.05, 3.63) is 137 Å². The van der Waals surface area contributed by atoms with Gasteiger partial charge in [-0.2, -0.15) is 0 Å². The molecule has 5 rings (SSSR count). The van der Waals surface area contributed by atoms with Gasteiger partial charge < -0.3 is 16.4 Å². The van der Waals surface area contributed by atoms with E-state index in [2.05, 4.69) is 64.5 Å². The Kier molecular flexibility index (Phi) is 6.86. The minimum Gasteiger partial charge on any atom is -0.397 e. The highest BCUT2D eigenvalue weighted by molar-refractivity contribution is 6.17. The fraction of sp³-hybridized carbons (Fsp3) is 0.125. The van der Waals surface area contributed by atoms with Gasteiger partial charge in [-0.05, 0) is 46.9 Å². The monoisotopic (exact) mass is 485 g/mol. The molecule has 0 aliphatic heterocycles. The number of rotatable bonds is 6. The van der Waals surface area contributed by atoms with E-state index in [1.807, 2.05) is 61.6 Å². The lowest BCUT2D eigenvalue weighted by atomic mass is 9.80. The number of benzene rings is 3. The number of nitrogens with two attached hydrogens (primary N) is 2. The lowest BCUT2D eigenvalue weighted by Crippen LogP contribution is -2.22. The first kappa shape index (κ1) is 24.1. The number of allylic oxidation sites excluding steroid dienone is 6. The first-order valence-corrected chi connectivity index (χ1v) is 12.4. The molecule has 0 spiro atoms. The smallest absolute Gasteiger partial charge is 0.154 e. The number of nitrogens with one attached hydrogen (secondary N) is 1. The third kappa shape index (κ3) is 5.31. The van der Waals surface area contributed by atoms with Gasteiger partial charge in [0.25, 0.3) is 0 Å². The summed E-state index contributed by atoms with van der Waals surface area (Å²) in [4.78, 5) is 6.65. The summed E-state index contributed by atoms with van der Waals surface area (Å²) in [6, 6.07) is 25.9. The van der Waals surface area contributed by atoms with Crippen molar-refractivity contribution in [3.8, 4) is 0 Å². The van der Waals surface area contributed by atoms with Crippen LogP contribution in [0.5, 0.6) is 0 Å². The lowest BCUT2D eigenvalue weighted by Gasteiger charge is -2.26. The molecule has 3 aromatic carbocycles. The van der Waals surface area contributed by atoms with E-state index < -0.39 is 0 Å². The van der Waals surface area contributed by atoms with E-state index in [0.29, 0.717) is 5.84 Å². The molecule has 0 heterocycles. The van der Waals surface area contributed by atoms with E-state index in [1.54, 1.807) is 0 Å². The van der Waals surface area contributed by atoms with Gasteiger partial charge in [-0.15, -0.1) is 0 Å². The second kappa shape index (κ2) is 10.5. The Morgan fingerprint density at radius 2 is 1.73 bits per heavy atom. The highest BCUT2D eigenvalue weighted by Crippen LogP contribution is 2.37. The van der Waals surface area contributed by atoms with Gasteiger partial charge in [-0.3, -0.25) is 5.41 Å². The summed E-state index contributed by atoms with van der Waals surface area (Å²) >= 11 is 0. The Morgan fingerprint density at radius 1 is 1.00 bits per heavy atom. The van der Waals surface area contributed by atoms with Gasteiger partial charge in [0.15, 0.2) is 5.84 Å². The quantitative estimate of drug-likeness (QED) is 0.223. The van der Waals surface area contributed by atoms with E-state index >= 15 is 0 Å². The maximum absolute atomic E-state index is 8.46. The van der Waals surface area contributed by atoms with Crippen LogP contribution in [0.25, 0.3) is 5.57 Å². The van der Waals surface area contributed by atoms with Crippen LogP contribution in [0, 0.1) is 11.3 Å². The van der Waals surface area contributed by atoms with E-state index in [1.165, 1.54) is 11.1 Å². The standard InChI is InChI=1S/C32H31N5/c1-37(30-14-8-7-13-29(30)33)21-22-15-17-23(18-16-22)27-19-25-11-5-6-12-26(25)20-28(27)32(35)36-31(34)24-9-3-2-4-10-24/h2-11,13-20,26H,12,21,33H2,1H3,(H3,34,35,36). The SMILES string of the molecule is CN(Cc1ccc(C2=CC3=CC=CCC3C=C2C(N)=NC(=N)c2ccccc2)cc1)c1ccccc1N. The van der Waals surface area contributed by atoms with Gasteiger partial charge in [0.2, 0.25) is 0 Å². The first-order valence-electron chi connectivity index (χ1n) is 12.4. The molecule has 2 aliphatic carbocycles. The van der Waals surface area contributed by atoms with Crippen molar-refractivity contribution in [1.82, 2.24) is 0 Å². The molecule has 0 saturated heterocycles. The van der Waals surface area contributed by atoms with Crippen LogP contribution in [-0.2, 0) is 6.54 Å². The number of amidine groups is 2. The van der Waals surface area contributed by atoms with Gasteiger partial charge in [-0.1, -0.05) is 91.0 Å². The maximum atomic E-state index is 8.46. The van der Waals surface area contributed by atoms with Crippen LogP contribution >= 0.6 is 0 Å². The van der Waals surface area contributed by atoms with Gasteiger partial charge in [0, 0.05) is 30.6 Å². The van der Waals surface area contributed by atoms with Crippen molar-refractivity contribution in [1.29, 1.82) is 5.41 Å². The molecule has 0 radical (unpaired) electrons. The van der Waals surface area contributed by atoms with E-state index in [-0.39, 0.29) is 11.8 Å². The van der Waals surface area contributed by atoms with Gasteiger partial charge >= 0.3 is 0 Å². The van der Waals surface area contributed by atoms with Gasteiger partial charge in [0.05, 0.1) is 11.4 Å². The van der Waals surface area contributed by atoms with Gasteiger partial charge in [0.1, 0.15) is 5.84 Å². The Morgan fingerprint density at radius 3 is 2.49 bits per heavy atom. The van der Waals surface area contributed by atoms with Crippen molar-refractivity contribution in [2.45, 2.75) is 13.0 Å². The summed E-state index contributed by atoms with van der Waals surface area (Å²) in [6.07, 6.45) is 11.8. The molecule has 0 amide bonds. The molecule has 5 N–H and O–H groups in total. The van der Waals surface area contributed by atoms with Crippen molar-refractivity contribution >= 4 is 28.6 Å². The summed E-state index contributed by atoms with van der Waals surface area (Å²) in [5.41, 5.74) is 20.6. The molecule has 2 aliphatic rings. The Hall–Kier alpha value is -4.64. The van der Waals surface area contributed by atoms with Crippen molar-refractivity contribution < 1.29 is 0 Å². The van der Waals surface area contributed by atoms with E-state index in [9.17, 15) is 0 Å². The second-order valence-corrected chi connectivity index (χ2v) is 9.40. The molecule has 0 bridgehead atoms. The van der Waals surface area contributed by atoms with E-state index in [0.717, 1.165) is 46.6 Å². The summed E-state index contributed by atoms with van der Waals surface area (Å²) in [7, 11) is 2.05. The van der Waals surface area contributed by atoms with Crippen molar-refractivity contribution in [2.24, 2.45) is 16.6 Å². The third-order valence-electron chi connectivity index (χ3n) is 6.80. The van der Waals surface area contributed by atoms with Crippen LogP contribution in [0.1, 0.15) is 23.1 Å². The van der Waals surface area contributed by atoms with Crippen molar-refractivity contribution in [2.75, 3.05) is 17.7 Å². The zero-order valence-electron chi connectivity index (χ0n) is 20.9. The molecule has 0 saturated carbocycles. The minimum absolute atomic E-state index is 0.154. The fourth-order valence-corrected chi connectivity index (χ4v) is 4.81. The van der Waals surface area contributed by atoms with Crippen LogP contribution in [0.2, 0.25) is 0 Å². The zero-order chi connectivity index (χ0) is 25.8. The summed E-state index contributed by atoms with van der Waals surface area (Å²) in [5, 5.41) is 8.46. The molecule has 1 atom stereocenters. The number of fused-ring (bicyclic) bond motifs is 1. The summed E-state index contributed by atoms with van der Waals surface area (Å²) < 4.78 is 0. The van der Waals surface area contributed by atoms with Crippen LogP contribution in [0.3, 0.4) is 0 Å². The molecular weight excluding hydrogens is 454 g/mol.